The molecule has 0 aliphatic heterocycles. The van der Waals surface area contributed by atoms with Crippen molar-refractivity contribution in [2.24, 2.45) is 7.05 Å². The van der Waals surface area contributed by atoms with E-state index in [1.165, 1.54) is 0 Å². The Hall–Kier alpha value is -0.560. The summed E-state index contributed by atoms with van der Waals surface area (Å²) in [5, 5.41) is 0.757. The molecule has 0 aromatic carbocycles. The van der Waals surface area contributed by atoms with Crippen molar-refractivity contribution in [1.29, 1.82) is 0 Å². The second-order valence-electron chi connectivity index (χ2n) is 1.63. The number of aromatic nitrogens is 1. The molecule has 0 aliphatic rings. The van der Waals surface area contributed by atoms with E-state index in [2.05, 4.69) is 0 Å². The van der Waals surface area contributed by atoms with Gasteiger partial charge in [0.05, 0.1) is 0 Å². The van der Waals surface area contributed by atoms with E-state index in [4.69, 9.17) is 11.6 Å². The Morgan fingerprint density at radius 1 is 1.44 bits per heavy atom. The van der Waals surface area contributed by atoms with E-state index in [0.29, 0.717) is 0 Å². The summed E-state index contributed by atoms with van der Waals surface area (Å²) in [5.41, 5.74) is 0. The first kappa shape index (κ1) is 8.44. The third-order valence-electron chi connectivity index (χ3n) is 0.991. The summed E-state index contributed by atoms with van der Waals surface area (Å²) in [6.45, 7) is 0. The molecule has 9 heavy (non-hydrogen) atoms. The molecule has 0 fully saturated rings. The maximum absolute atomic E-state index is 5.67. The molecule has 0 N–H and O–H groups in total. The molecule has 0 aliphatic carbocycles. The van der Waals surface area contributed by atoms with Crippen LogP contribution >= 0.6 is 11.6 Å². The van der Waals surface area contributed by atoms with Crippen LogP contribution in [0.2, 0.25) is 5.15 Å². The lowest BCUT2D eigenvalue weighted by atomic mass is 10.5. The zero-order valence-corrected chi connectivity index (χ0v) is 5.39. The van der Waals surface area contributed by atoms with E-state index < -0.39 is 0 Å². The highest BCUT2D eigenvalue weighted by Gasteiger charge is 1.94. The zero-order chi connectivity index (χ0) is 5.98. The predicted octanol–water partition coefficient (Wildman–Crippen LogP) is 1.80. The van der Waals surface area contributed by atoms with Crippen molar-refractivity contribution in [1.82, 2.24) is 0 Å². The van der Waals surface area contributed by atoms with Crippen LogP contribution in [0, 0.1) is 0 Å². The van der Waals surface area contributed by atoms with Crippen LogP contribution < -0.4 is 4.57 Å². The normalized spacial score (nSPS) is 8.22. The van der Waals surface area contributed by atoms with Gasteiger partial charge in [-0.15, -0.1) is 0 Å². The molecule has 0 bridgehead atoms. The molecule has 0 saturated heterocycles. The smallest absolute Gasteiger partial charge is 0.191 e. The fraction of sp³-hybridized carbons (Fsp3) is 0.286. The van der Waals surface area contributed by atoms with E-state index in [1.54, 1.807) is 0 Å². The van der Waals surface area contributed by atoms with Gasteiger partial charge in [0.25, 0.3) is 5.15 Å². The van der Waals surface area contributed by atoms with E-state index in [1.807, 2.05) is 36.0 Å². The van der Waals surface area contributed by atoms with Crippen LogP contribution in [-0.4, -0.2) is 0 Å². The molecule has 0 unspecified atom stereocenters. The number of hydrogen-bond acceptors (Lipinski definition) is 0. The largest absolute Gasteiger partial charge is 0.274 e. The molecular formula is C7H11ClN+. The minimum atomic E-state index is 0. The van der Waals surface area contributed by atoms with Crippen molar-refractivity contribution in [3.05, 3.63) is 29.5 Å². The lowest BCUT2D eigenvalue weighted by molar-refractivity contribution is -0.669. The fourth-order valence-electron chi connectivity index (χ4n) is 0.503. The minimum Gasteiger partial charge on any atom is -0.191 e. The van der Waals surface area contributed by atoms with Gasteiger partial charge in [-0.25, -0.2) is 0 Å². The highest BCUT2D eigenvalue weighted by atomic mass is 35.5. The van der Waals surface area contributed by atoms with Crippen molar-refractivity contribution in [2.45, 2.75) is 7.43 Å². The maximum Gasteiger partial charge on any atom is 0.274 e. The van der Waals surface area contributed by atoms with Crippen LogP contribution in [0.25, 0.3) is 0 Å². The molecule has 1 heterocycles. The van der Waals surface area contributed by atoms with Gasteiger partial charge in [-0.05, 0) is 17.7 Å². The van der Waals surface area contributed by atoms with Crippen LogP contribution in [0.3, 0.4) is 0 Å². The van der Waals surface area contributed by atoms with Gasteiger partial charge in [-0.1, -0.05) is 7.43 Å². The van der Waals surface area contributed by atoms with Crippen LogP contribution in [0.4, 0.5) is 0 Å². The van der Waals surface area contributed by atoms with Gasteiger partial charge in [0, 0.05) is 12.1 Å². The Bertz CT molecular complexity index is 165. The van der Waals surface area contributed by atoms with E-state index in [-0.39, 0.29) is 7.43 Å². The molecule has 0 spiro atoms. The SMILES string of the molecule is C.C[n+]1ccccc1Cl. The van der Waals surface area contributed by atoms with Gasteiger partial charge in [0.1, 0.15) is 7.05 Å². The van der Waals surface area contributed by atoms with Gasteiger partial charge >= 0.3 is 0 Å². The zero-order valence-electron chi connectivity index (χ0n) is 4.63. The molecule has 1 nitrogen and oxygen atoms in total. The van der Waals surface area contributed by atoms with Crippen molar-refractivity contribution >= 4 is 11.6 Å². The maximum atomic E-state index is 5.67. The monoisotopic (exact) mass is 144 g/mol. The predicted molar refractivity (Wildman–Crippen MR) is 39.4 cm³/mol. The van der Waals surface area contributed by atoms with Crippen molar-refractivity contribution in [2.75, 3.05) is 0 Å². The first-order valence-corrected chi connectivity index (χ1v) is 2.78. The summed E-state index contributed by atoms with van der Waals surface area (Å²) in [7, 11) is 1.91. The molecule has 0 atom stereocenters. The topological polar surface area (TPSA) is 3.88 Å². The first-order valence-electron chi connectivity index (χ1n) is 2.41. The minimum absolute atomic E-state index is 0. The Labute approximate surface area is 60.9 Å². The van der Waals surface area contributed by atoms with Gasteiger partial charge in [-0.3, -0.25) is 0 Å². The lowest BCUT2D eigenvalue weighted by Gasteiger charge is -1.84. The van der Waals surface area contributed by atoms with Gasteiger partial charge in [0.2, 0.25) is 0 Å². The standard InChI is InChI=1S/C6H7ClN.CH4/c1-8-5-3-2-4-6(8)7;/h2-5H,1H3;1H4/q+1;. The number of aryl methyl sites for hydroxylation is 1. The van der Waals surface area contributed by atoms with E-state index in [0.717, 1.165) is 5.15 Å². The number of hydrogen-bond donors (Lipinski definition) is 0. The van der Waals surface area contributed by atoms with E-state index >= 15 is 0 Å². The van der Waals surface area contributed by atoms with Gasteiger partial charge in [0.15, 0.2) is 6.20 Å². The second kappa shape index (κ2) is 3.46. The second-order valence-corrected chi connectivity index (χ2v) is 2.02. The van der Waals surface area contributed by atoms with Crippen LogP contribution in [0.5, 0.6) is 0 Å². The van der Waals surface area contributed by atoms with Crippen molar-refractivity contribution in [3.63, 3.8) is 0 Å². The molecule has 0 amide bonds. The molecular weight excluding hydrogens is 134 g/mol. The third kappa shape index (κ3) is 2.02. The molecule has 1 aromatic heterocycles. The molecule has 2 heteroatoms. The fourth-order valence-corrected chi connectivity index (χ4v) is 0.632. The number of halogens is 1. The molecule has 1 aromatic rings. The number of pyridine rings is 1. The summed E-state index contributed by atoms with van der Waals surface area (Å²) in [5.74, 6) is 0. The Kier molecular flexibility index (Phi) is 3.25. The van der Waals surface area contributed by atoms with E-state index in [9.17, 15) is 0 Å². The Balaban J connectivity index is 0.000000640. The molecule has 1 rings (SSSR count). The third-order valence-corrected chi connectivity index (χ3v) is 1.38. The lowest BCUT2D eigenvalue weighted by Crippen LogP contribution is -2.27. The quantitative estimate of drug-likeness (QED) is 0.386. The molecule has 50 valence electrons. The summed E-state index contributed by atoms with van der Waals surface area (Å²) >= 11 is 5.67. The van der Waals surface area contributed by atoms with Crippen LogP contribution in [0.15, 0.2) is 24.4 Å². The van der Waals surface area contributed by atoms with Crippen LogP contribution in [-0.2, 0) is 7.05 Å². The van der Waals surface area contributed by atoms with Crippen molar-refractivity contribution < 1.29 is 4.57 Å². The number of nitrogens with zero attached hydrogens (tertiary/aromatic N) is 1. The average Bonchev–Trinajstić information content (AvgIpc) is 1.77. The highest BCUT2D eigenvalue weighted by molar-refractivity contribution is 6.28. The van der Waals surface area contributed by atoms with Gasteiger partial charge in [-0.2, -0.15) is 4.57 Å². The van der Waals surface area contributed by atoms with Crippen molar-refractivity contribution in [3.8, 4) is 0 Å². The summed E-state index contributed by atoms with van der Waals surface area (Å²) in [6.07, 6.45) is 1.91. The first-order chi connectivity index (χ1) is 3.80. The Morgan fingerprint density at radius 2 is 2.11 bits per heavy atom. The van der Waals surface area contributed by atoms with Gasteiger partial charge < -0.3 is 0 Å². The summed E-state index contributed by atoms with van der Waals surface area (Å²) in [4.78, 5) is 0. The molecule has 0 saturated carbocycles. The number of rotatable bonds is 0. The highest BCUT2D eigenvalue weighted by Crippen LogP contribution is 1.95. The van der Waals surface area contributed by atoms with Crippen LogP contribution in [0.1, 0.15) is 7.43 Å². The average molecular weight is 145 g/mol. The summed E-state index contributed by atoms with van der Waals surface area (Å²) in [6, 6.07) is 5.69. The molecule has 0 radical (unpaired) electrons. The Morgan fingerprint density at radius 3 is 2.44 bits per heavy atom. The summed E-state index contributed by atoms with van der Waals surface area (Å²) < 4.78 is 1.85.